The molecule has 1 aromatic rings. The highest BCUT2D eigenvalue weighted by atomic mass is 19.1. The first-order chi connectivity index (χ1) is 4.22. The monoisotopic (exact) mass is 132 g/mol. The van der Waals surface area contributed by atoms with Gasteiger partial charge < -0.3 is 5.73 Å². The van der Waals surface area contributed by atoms with Crippen LogP contribution >= 0.6 is 0 Å². The maximum Gasteiger partial charge on any atom is 0.262 e. The van der Waals surface area contributed by atoms with Gasteiger partial charge in [0.05, 0.1) is 0 Å². The third kappa shape index (κ3) is 0.906. The van der Waals surface area contributed by atoms with Crippen molar-refractivity contribution in [3.05, 3.63) is 11.9 Å². The lowest BCUT2D eigenvalue weighted by atomic mass is 10.5. The molecule has 0 amide bonds. The quantitative estimate of drug-likeness (QED) is 0.527. The fraction of sp³-hybridized carbons (Fsp3) is 0. The molecular weight excluding hydrogens is 130 g/mol. The number of hydrogen-bond acceptors (Lipinski definition) is 4. The molecule has 0 unspecified atom stereocenters. The van der Waals surface area contributed by atoms with Gasteiger partial charge in [-0.05, 0) is 5.21 Å². The van der Waals surface area contributed by atoms with E-state index in [0.29, 0.717) is 0 Å². The van der Waals surface area contributed by atoms with Crippen molar-refractivity contribution >= 4 is 5.69 Å². The first kappa shape index (κ1) is 5.80. The van der Waals surface area contributed by atoms with Crippen LogP contribution in [0.3, 0.4) is 0 Å². The molecule has 2 N–H and O–H groups in total. The molecule has 0 saturated carbocycles. The summed E-state index contributed by atoms with van der Waals surface area (Å²) in [5.74, 6) is -2.27. The van der Waals surface area contributed by atoms with E-state index in [0.717, 1.165) is 0 Å². The van der Waals surface area contributed by atoms with Crippen LogP contribution in [0.25, 0.3) is 0 Å². The van der Waals surface area contributed by atoms with Crippen LogP contribution in [0.4, 0.5) is 14.5 Å². The predicted octanol–water partition coefficient (Wildman–Crippen LogP) is -0.268. The van der Waals surface area contributed by atoms with Crippen LogP contribution in [-0.2, 0) is 0 Å². The second kappa shape index (κ2) is 1.88. The maximum atomic E-state index is 12.0. The van der Waals surface area contributed by atoms with Gasteiger partial charge in [-0.15, -0.1) is 0 Å². The third-order valence-corrected chi connectivity index (χ3v) is 0.710. The highest BCUT2D eigenvalue weighted by molar-refractivity contribution is 5.32. The summed E-state index contributed by atoms with van der Waals surface area (Å²) >= 11 is 0. The van der Waals surface area contributed by atoms with Crippen LogP contribution in [-0.4, -0.2) is 15.4 Å². The van der Waals surface area contributed by atoms with E-state index < -0.39 is 17.6 Å². The van der Waals surface area contributed by atoms with E-state index in [2.05, 4.69) is 15.4 Å². The average Bonchev–Trinajstić information content (AvgIpc) is 1.83. The SMILES string of the molecule is Nc1c(F)nnnc1F. The highest BCUT2D eigenvalue weighted by Gasteiger charge is 2.05. The molecule has 0 aliphatic heterocycles. The van der Waals surface area contributed by atoms with Gasteiger partial charge in [-0.1, -0.05) is 10.2 Å². The summed E-state index contributed by atoms with van der Waals surface area (Å²) in [7, 11) is 0. The van der Waals surface area contributed by atoms with Crippen molar-refractivity contribution in [2.75, 3.05) is 5.73 Å². The van der Waals surface area contributed by atoms with Crippen molar-refractivity contribution in [1.82, 2.24) is 15.4 Å². The summed E-state index contributed by atoms with van der Waals surface area (Å²) in [4.78, 5) is 0. The Balaban J connectivity index is 3.25. The molecule has 1 aromatic heterocycles. The summed E-state index contributed by atoms with van der Waals surface area (Å²) in [6, 6.07) is 0. The third-order valence-electron chi connectivity index (χ3n) is 0.710. The lowest BCUT2D eigenvalue weighted by Crippen LogP contribution is -2.03. The second-order valence-electron chi connectivity index (χ2n) is 1.28. The van der Waals surface area contributed by atoms with E-state index in [4.69, 9.17) is 5.73 Å². The number of nitrogens with two attached hydrogens (primary N) is 1. The van der Waals surface area contributed by atoms with Gasteiger partial charge in [-0.2, -0.15) is 8.78 Å². The predicted molar refractivity (Wildman–Crippen MR) is 24.2 cm³/mol. The minimum Gasteiger partial charge on any atom is -0.391 e. The van der Waals surface area contributed by atoms with Crippen molar-refractivity contribution in [1.29, 1.82) is 0 Å². The van der Waals surface area contributed by atoms with Crippen molar-refractivity contribution in [3.63, 3.8) is 0 Å². The van der Waals surface area contributed by atoms with E-state index in [1.165, 1.54) is 0 Å². The number of halogens is 2. The zero-order valence-corrected chi connectivity index (χ0v) is 4.17. The van der Waals surface area contributed by atoms with Gasteiger partial charge >= 0.3 is 0 Å². The Morgan fingerprint density at radius 2 is 1.56 bits per heavy atom. The number of hydrogen-bond donors (Lipinski definition) is 1. The van der Waals surface area contributed by atoms with Gasteiger partial charge in [0.15, 0.2) is 0 Å². The van der Waals surface area contributed by atoms with Crippen molar-refractivity contribution < 1.29 is 8.78 Å². The lowest BCUT2D eigenvalue weighted by Gasteiger charge is -1.90. The molecule has 0 spiro atoms. The summed E-state index contributed by atoms with van der Waals surface area (Å²) in [6.07, 6.45) is 0. The molecule has 6 heteroatoms. The van der Waals surface area contributed by atoms with E-state index in [1.807, 2.05) is 0 Å². The average molecular weight is 132 g/mol. The van der Waals surface area contributed by atoms with Crippen molar-refractivity contribution in [2.24, 2.45) is 0 Å². The Labute approximate surface area is 48.7 Å². The van der Waals surface area contributed by atoms with Crippen molar-refractivity contribution in [2.45, 2.75) is 0 Å². The highest BCUT2D eigenvalue weighted by Crippen LogP contribution is 2.05. The van der Waals surface area contributed by atoms with E-state index >= 15 is 0 Å². The standard InChI is InChI=1S/C3H2F2N4/c4-2-1(6)3(5)8-9-7-2/h(H2,6,9). The number of nitrogens with zero attached hydrogens (tertiary/aromatic N) is 3. The minimum atomic E-state index is -1.14. The maximum absolute atomic E-state index is 12.0. The normalized spacial score (nSPS) is 9.56. The molecule has 0 bridgehead atoms. The molecule has 1 heterocycles. The topological polar surface area (TPSA) is 64.7 Å². The van der Waals surface area contributed by atoms with Crippen LogP contribution < -0.4 is 5.73 Å². The van der Waals surface area contributed by atoms with E-state index in [-0.39, 0.29) is 0 Å². The smallest absolute Gasteiger partial charge is 0.262 e. The molecule has 0 aliphatic rings. The van der Waals surface area contributed by atoms with Gasteiger partial charge in [0.25, 0.3) is 11.9 Å². The van der Waals surface area contributed by atoms with Crippen molar-refractivity contribution in [3.8, 4) is 0 Å². The second-order valence-corrected chi connectivity index (χ2v) is 1.28. The van der Waals surface area contributed by atoms with Crippen LogP contribution in [0.15, 0.2) is 0 Å². The minimum absolute atomic E-state index is 0.704. The lowest BCUT2D eigenvalue weighted by molar-refractivity contribution is 0.493. The van der Waals surface area contributed by atoms with Crippen LogP contribution in [0.2, 0.25) is 0 Å². The van der Waals surface area contributed by atoms with Gasteiger partial charge in [0.2, 0.25) is 0 Å². The molecule has 0 atom stereocenters. The summed E-state index contributed by atoms with van der Waals surface area (Å²) in [5, 5.41) is 8.21. The molecule has 0 aromatic carbocycles. The Morgan fingerprint density at radius 3 is 1.89 bits per heavy atom. The Morgan fingerprint density at radius 1 is 1.11 bits per heavy atom. The summed E-state index contributed by atoms with van der Waals surface area (Å²) in [5.41, 5.74) is 4.06. The summed E-state index contributed by atoms with van der Waals surface area (Å²) < 4.78 is 24.0. The Bertz CT molecular complexity index is 205. The van der Waals surface area contributed by atoms with Gasteiger partial charge in [0, 0.05) is 0 Å². The van der Waals surface area contributed by atoms with Crippen LogP contribution in [0.1, 0.15) is 0 Å². The molecule has 9 heavy (non-hydrogen) atoms. The van der Waals surface area contributed by atoms with E-state index in [9.17, 15) is 8.78 Å². The number of anilines is 1. The van der Waals surface area contributed by atoms with E-state index in [1.54, 1.807) is 0 Å². The number of nitrogen functional groups attached to an aromatic ring is 1. The van der Waals surface area contributed by atoms with Crippen LogP contribution in [0, 0.1) is 11.9 Å². The molecule has 0 fully saturated rings. The van der Waals surface area contributed by atoms with Gasteiger partial charge in [-0.25, -0.2) is 0 Å². The largest absolute Gasteiger partial charge is 0.391 e. The fourth-order valence-corrected chi connectivity index (χ4v) is 0.294. The number of rotatable bonds is 0. The summed E-state index contributed by atoms with van der Waals surface area (Å²) in [6.45, 7) is 0. The Hall–Kier alpha value is -1.33. The van der Waals surface area contributed by atoms with Gasteiger partial charge in [0.1, 0.15) is 5.69 Å². The van der Waals surface area contributed by atoms with Gasteiger partial charge in [-0.3, -0.25) is 0 Å². The molecule has 0 saturated heterocycles. The molecule has 0 radical (unpaired) electrons. The molecule has 4 nitrogen and oxygen atoms in total. The zero-order valence-electron chi connectivity index (χ0n) is 4.17. The van der Waals surface area contributed by atoms with Crippen LogP contribution in [0.5, 0.6) is 0 Å². The molecule has 48 valence electrons. The molecule has 0 aliphatic carbocycles. The first-order valence-electron chi connectivity index (χ1n) is 2.01. The first-order valence-corrected chi connectivity index (χ1v) is 2.01. The number of aromatic nitrogens is 3. The zero-order chi connectivity index (χ0) is 6.85. The fourth-order valence-electron chi connectivity index (χ4n) is 0.294. The molecular formula is C3H2F2N4. The Kier molecular flexibility index (Phi) is 1.21. The molecule has 1 rings (SSSR count).